The number of nitrogens with zero attached hydrogens (tertiary/aromatic N) is 5. The smallest absolute Gasteiger partial charge is 0.244 e. The molecule has 11 heteroatoms. The van der Waals surface area contributed by atoms with E-state index in [1.807, 2.05) is 66.7 Å². The van der Waals surface area contributed by atoms with Gasteiger partial charge in [-0.15, -0.1) is 0 Å². The Bertz CT molecular complexity index is 1700. The molecule has 0 saturated heterocycles. The molecule has 3 heterocycles. The minimum absolute atomic E-state index is 0.0865. The fourth-order valence-electron chi connectivity index (χ4n) is 4.38. The number of aliphatic hydroxyl groups is 2. The molecule has 0 bridgehead atoms. The molecule has 0 saturated carbocycles. The second-order valence-electron chi connectivity index (χ2n) is 8.90. The average molecular weight is 557 g/mol. The van der Waals surface area contributed by atoms with Gasteiger partial charge >= 0.3 is 0 Å². The predicted molar refractivity (Wildman–Crippen MR) is 153 cm³/mol. The first-order chi connectivity index (χ1) is 19.5. The molecule has 0 atom stereocenters. The molecule has 2 aromatic carbocycles. The molecule has 5 aromatic rings. The average Bonchev–Trinajstić information content (AvgIpc) is 3.00. The Morgan fingerprint density at radius 2 is 1.60 bits per heavy atom. The Hall–Kier alpha value is -4.29. The molecule has 0 radical (unpaired) electrons. The van der Waals surface area contributed by atoms with Gasteiger partial charge in [0.2, 0.25) is 10.0 Å². The van der Waals surface area contributed by atoms with E-state index >= 15 is 0 Å². The molecule has 3 aromatic heterocycles. The summed E-state index contributed by atoms with van der Waals surface area (Å²) in [4.78, 5) is 18.1. The van der Waals surface area contributed by atoms with Gasteiger partial charge in [-0.2, -0.15) is 4.31 Å². The van der Waals surface area contributed by atoms with Crippen molar-refractivity contribution in [3.8, 4) is 22.5 Å². The van der Waals surface area contributed by atoms with Gasteiger partial charge < -0.3 is 15.5 Å². The molecule has 40 heavy (non-hydrogen) atoms. The summed E-state index contributed by atoms with van der Waals surface area (Å²) in [5, 5.41) is 22.9. The zero-order chi connectivity index (χ0) is 28.0. The van der Waals surface area contributed by atoms with E-state index in [9.17, 15) is 18.6 Å². The molecule has 5 rings (SSSR count). The van der Waals surface area contributed by atoms with Gasteiger partial charge in [0.05, 0.1) is 36.4 Å². The van der Waals surface area contributed by atoms with Gasteiger partial charge in [-0.3, -0.25) is 9.97 Å². The Labute approximate surface area is 232 Å². The van der Waals surface area contributed by atoms with Gasteiger partial charge in [0, 0.05) is 37.2 Å². The maximum Gasteiger partial charge on any atom is 0.244 e. The molecule has 3 N–H and O–H groups in total. The van der Waals surface area contributed by atoms with Crippen LogP contribution < -0.4 is 5.32 Å². The van der Waals surface area contributed by atoms with Gasteiger partial charge in [0.15, 0.2) is 5.82 Å². The number of benzene rings is 2. The van der Waals surface area contributed by atoms with Gasteiger partial charge in [0.1, 0.15) is 10.7 Å². The van der Waals surface area contributed by atoms with Crippen LogP contribution in [0.25, 0.3) is 33.4 Å². The van der Waals surface area contributed by atoms with E-state index < -0.39 is 10.0 Å². The van der Waals surface area contributed by atoms with Crippen LogP contribution in [-0.2, 0) is 16.6 Å². The van der Waals surface area contributed by atoms with E-state index in [0.29, 0.717) is 29.3 Å². The van der Waals surface area contributed by atoms with Gasteiger partial charge in [0.25, 0.3) is 0 Å². The lowest BCUT2D eigenvalue weighted by atomic mass is 10.0. The van der Waals surface area contributed by atoms with Crippen molar-refractivity contribution in [1.29, 1.82) is 0 Å². The van der Waals surface area contributed by atoms with Gasteiger partial charge in [-0.1, -0.05) is 48.5 Å². The molecule has 0 aliphatic rings. The standard InChI is InChI=1S/C29H28N6O4S/c36-15-13-35(14-16-37)40(38,39)24-17-22(18-30-20-24)28-33-26-11-6-10-25(21-7-2-1-3-8-21)27(26)29(34-28)32-19-23-9-4-5-12-31-23/h1-12,17-18,20,36-37H,13-16,19H2,(H,32,33,34). The van der Waals surface area contributed by atoms with Crippen LogP contribution in [0.4, 0.5) is 5.82 Å². The van der Waals surface area contributed by atoms with Gasteiger partial charge in [-0.05, 0) is 35.4 Å². The first-order valence-electron chi connectivity index (χ1n) is 12.7. The summed E-state index contributed by atoms with van der Waals surface area (Å²) in [6.45, 7) is -0.642. The number of nitrogens with one attached hydrogen (secondary N) is 1. The summed E-state index contributed by atoms with van der Waals surface area (Å²) in [5.74, 6) is 0.863. The van der Waals surface area contributed by atoms with Crippen molar-refractivity contribution in [3.05, 3.63) is 97.1 Å². The van der Waals surface area contributed by atoms with Crippen LogP contribution >= 0.6 is 0 Å². The first-order valence-corrected chi connectivity index (χ1v) is 14.1. The van der Waals surface area contributed by atoms with Crippen molar-refractivity contribution in [1.82, 2.24) is 24.2 Å². The number of hydrogen-bond acceptors (Lipinski definition) is 9. The van der Waals surface area contributed by atoms with Crippen LogP contribution in [0.2, 0.25) is 0 Å². The molecule has 0 aliphatic carbocycles. The summed E-state index contributed by atoms with van der Waals surface area (Å²) in [5.41, 5.74) is 3.86. The fraction of sp³-hybridized carbons (Fsp3) is 0.172. The topological polar surface area (TPSA) is 141 Å². The first kappa shape index (κ1) is 27.3. The largest absolute Gasteiger partial charge is 0.395 e. The molecule has 0 spiro atoms. The van der Waals surface area contributed by atoms with Crippen LogP contribution in [0.3, 0.4) is 0 Å². The van der Waals surface area contributed by atoms with Crippen LogP contribution in [0.1, 0.15) is 5.69 Å². The van der Waals surface area contributed by atoms with Gasteiger partial charge in [-0.25, -0.2) is 18.4 Å². The number of anilines is 1. The highest BCUT2D eigenvalue weighted by Crippen LogP contribution is 2.34. The van der Waals surface area contributed by atoms with E-state index in [4.69, 9.17) is 9.97 Å². The maximum atomic E-state index is 13.2. The molecule has 0 unspecified atom stereocenters. The summed E-state index contributed by atoms with van der Waals surface area (Å²) < 4.78 is 27.5. The zero-order valence-electron chi connectivity index (χ0n) is 21.6. The Morgan fingerprint density at radius 1 is 0.825 bits per heavy atom. The quantitative estimate of drug-likeness (QED) is 0.223. The van der Waals surface area contributed by atoms with Crippen molar-refractivity contribution < 1.29 is 18.6 Å². The molecule has 204 valence electrons. The number of sulfonamides is 1. The Morgan fingerprint density at radius 3 is 2.33 bits per heavy atom. The number of fused-ring (bicyclic) bond motifs is 1. The van der Waals surface area contributed by atoms with Crippen LogP contribution in [0.15, 0.2) is 96.3 Å². The summed E-state index contributed by atoms with van der Waals surface area (Å²) in [7, 11) is -4.03. The number of pyridine rings is 2. The predicted octanol–water partition coefficient (Wildman–Crippen LogP) is 3.34. The molecule has 0 fully saturated rings. The second kappa shape index (κ2) is 12.3. The van der Waals surface area contributed by atoms with E-state index in [0.717, 1.165) is 26.5 Å². The zero-order valence-corrected chi connectivity index (χ0v) is 22.4. The van der Waals surface area contributed by atoms with Crippen LogP contribution in [0, 0.1) is 0 Å². The van der Waals surface area contributed by atoms with Crippen LogP contribution in [-0.4, -0.2) is 69.2 Å². The second-order valence-corrected chi connectivity index (χ2v) is 10.8. The highest BCUT2D eigenvalue weighted by molar-refractivity contribution is 7.89. The third kappa shape index (κ3) is 5.82. The number of aliphatic hydroxyl groups excluding tert-OH is 2. The summed E-state index contributed by atoms with van der Waals surface area (Å²) in [6.07, 6.45) is 4.46. The van der Waals surface area contributed by atoms with E-state index in [1.54, 1.807) is 6.20 Å². The highest BCUT2D eigenvalue weighted by Gasteiger charge is 2.25. The van der Waals surface area contributed by atoms with Crippen molar-refractivity contribution in [2.45, 2.75) is 11.4 Å². The van der Waals surface area contributed by atoms with Crippen molar-refractivity contribution in [3.63, 3.8) is 0 Å². The molecular weight excluding hydrogens is 528 g/mol. The normalized spacial score (nSPS) is 11.7. The third-order valence-electron chi connectivity index (χ3n) is 6.28. The van der Waals surface area contributed by atoms with E-state index in [2.05, 4.69) is 15.3 Å². The van der Waals surface area contributed by atoms with Crippen molar-refractivity contribution in [2.75, 3.05) is 31.6 Å². The Balaban J connectivity index is 1.63. The third-order valence-corrected chi connectivity index (χ3v) is 8.14. The van der Waals surface area contributed by atoms with Crippen molar-refractivity contribution >= 4 is 26.7 Å². The fourth-order valence-corrected chi connectivity index (χ4v) is 5.79. The monoisotopic (exact) mass is 556 g/mol. The lowest BCUT2D eigenvalue weighted by Gasteiger charge is -2.20. The molecule has 0 amide bonds. The van der Waals surface area contributed by atoms with E-state index in [-0.39, 0.29) is 31.2 Å². The maximum absolute atomic E-state index is 13.2. The molecular formula is C29H28N6O4S. The number of aromatic nitrogens is 4. The Kier molecular flexibility index (Phi) is 8.37. The molecule has 0 aliphatic heterocycles. The highest BCUT2D eigenvalue weighted by atomic mass is 32.2. The van der Waals surface area contributed by atoms with Crippen LogP contribution in [0.5, 0.6) is 0 Å². The summed E-state index contributed by atoms with van der Waals surface area (Å²) in [6, 6.07) is 22.9. The lowest BCUT2D eigenvalue weighted by Crippen LogP contribution is -2.35. The SMILES string of the molecule is O=S(=O)(c1cncc(-c2nc(NCc3ccccn3)c3c(-c4ccccc4)cccc3n2)c1)N(CCO)CCO. The number of rotatable bonds is 11. The minimum Gasteiger partial charge on any atom is -0.395 e. The molecule has 10 nitrogen and oxygen atoms in total. The van der Waals surface area contributed by atoms with E-state index in [1.165, 1.54) is 18.5 Å². The number of hydrogen-bond donors (Lipinski definition) is 3. The summed E-state index contributed by atoms with van der Waals surface area (Å²) >= 11 is 0. The van der Waals surface area contributed by atoms with Crippen molar-refractivity contribution in [2.24, 2.45) is 0 Å². The minimum atomic E-state index is -4.03. The lowest BCUT2D eigenvalue weighted by molar-refractivity contribution is 0.217.